The van der Waals surface area contributed by atoms with Crippen molar-refractivity contribution in [1.82, 2.24) is 15.0 Å². The molecule has 0 saturated carbocycles. The number of hydrogen-bond acceptors (Lipinski definition) is 6. The zero-order valence-corrected chi connectivity index (χ0v) is 20.0. The van der Waals surface area contributed by atoms with Crippen LogP contribution in [0, 0.1) is 15.9 Å². The Morgan fingerprint density at radius 1 is 1.00 bits per heavy atom. The van der Waals surface area contributed by atoms with Gasteiger partial charge < -0.3 is 4.74 Å². The molecule has 0 bridgehead atoms. The summed E-state index contributed by atoms with van der Waals surface area (Å²) in [6, 6.07) is 23.2. The zero-order chi connectivity index (χ0) is 26.5. The minimum absolute atomic E-state index is 0.0788. The molecule has 0 spiro atoms. The van der Waals surface area contributed by atoms with Crippen LogP contribution < -0.4 is 4.74 Å². The minimum Gasteiger partial charge on any atom is -0.487 e. The Hall–Kier alpha value is -5.18. The molecule has 0 fully saturated rings. The molecule has 4 aromatic carbocycles. The number of hydrogen-bond donors (Lipinski definition) is 0. The first kappa shape index (κ1) is 24.5. The van der Waals surface area contributed by atoms with Gasteiger partial charge in [0.1, 0.15) is 23.9 Å². The van der Waals surface area contributed by atoms with Crippen LogP contribution in [0.2, 0.25) is 0 Å². The lowest BCUT2D eigenvalue weighted by Gasteiger charge is -2.11. The summed E-state index contributed by atoms with van der Waals surface area (Å²) in [4.78, 5) is 23.1. The molecule has 0 radical (unpaired) electrons. The van der Waals surface area contributed by atoms with Crippen LogP contribution in [0.3, 0.4) is 0 Å². The number of allylic oxidation sites excluding steroid dienone is 1. The highest BCUT2D eigenvalue weighted by molar-refractivity contribution is 6.08. The van der Waals surface area contributed by atoms with Crippen molar-refractivity contribution >= 4 is 28.3 Å². The third-order valence-corrected chi connectivity index (χ3v) is 5.91. The molecule has 5 rings (SSSR count). The second-order valence-electron chi connectivity index (χ2n) is 8.52. The van der Waals surface area contributed by atoms with Gasteiger partial charge in [-0.1, -0.05) is 47.7 Å². The highest BCUT2D eigenvalue weighted by Crippen LogP contribution is 2.30. The van der Waals surface area contributed by atoms with Gasteiger partial charge in [-0.2, -0.15) is 0 Å². The van der Waals surface area contributed by atoms with Crippen LogP contribution in [0.5, 0.6) is 5.75 Å². The van der Waals surface area contributed by atoms with Crippen molar-refractivity contribution in [1.29, 1.82) is 0 Å². The number of nitro groups is 1. The first-order chi connectivity index (χ1) is 18.5. The van der Waals surface area contributed by atoms with Crippen molar-refractivity contribution in [3.05, 3.63) is 136 Å². The summed E-state index contributed by atoms with van der Waals surface area (Å²) in [7, 11) is 0. The highest BCUT2D eigenvalue weighted by atomic mass is 19.1. The highest BCUT2D eigenvalue weighted by Gasteiger charge is 2.11. The van der Waals surface area contributed by atoms with Gasteiger partial charge in [-0.15, -0.1) is 5.10 Å². The Labute approximate surface area is 216 Å². The van der Waals surface area contributed by atoms with Gasteiger partial charge in [0.15, 0.2) is 5.78 Å². The second kappa shape index (κ2) is 10.8. The van der Waals surface area contributed by atoms with E-state index in [2.05, 4.69) is 10.3 Å². The van der Waals surface area contributed by atoms with Crippen LogP contribution in [0.15, 0.2) is 97.2 Å². The summed E-state index contributed by atoms with van der Waals surface area (Å²) >= 11 is 0. The number of nitrogens with zero attached hydrogens (tertiary/aromatic N) is 4. The molecule has 0 unspecified atom stereocenters. The predicted molar refractivity (Wildman–Crippen MR) is 140 cm³/mol. The minimum atomic E-state index is -0.509. The van der Waals surface area contributed by atoms with Gasteiger partial charge in [-0.05, 0) is 58.8 Å². The summed E-state index contributed by atoms with van der Waals surface area (Å²) in [5.74, 6) is -0.0248. The first-order valence-electron chi connectivity index (χ1n) is 11.7. The molecular weight excluding hydrogens is 487 g/mol. The Kier molecular flexibility index (Phi) is 6.99. The van der Waals surface area contributed by atoms with Gasteiger partial charge in [-0.3, -0.25) is 14.9 Å². The SMILES string of the molecule is O=C(/C=C/c1c(OCc2cn(Cc3ccc(F)cc3)nn2)ccc2ccccc12)c1ccc([N+](=O)[O-])cc1. The van der Waals surface area contributed by atoms with Gasteiger partial charge in [0.25, 0.3) is 5.69 Å². The van der Waals surface area contributed by atoms with E-state index in [0.717, 1.165) is 21.9 Å². The summed E-state index contributed by atoms with van der Waals surface area (Å²) < 4.78 is 20.9. The molecule has 38 heavy (non-hydrogen) atoms. The van der Waals surface area contributed by atoms with Crippen LogP contribution in [-0.2, 0) is 13.2 Å². The number of ether oxygens (including phenoxy) is 1. The molecule has 0 saturated heterocycles. The Morgan fingerprint density at radius 2 is 1.76 bits per heavy atom. The van der Waals surface area contributed by atoms with Gasteiger partial charge in [-0.25, -0.2) is 9.07 Å². The van der Waals surface area contributed by atoms with Crippen molar-refractivity contribution in [2.75, 3.05) is 0 Å². The van der Waals surface area contributed by atoms with Crippen molar-refractivity contribution in [3.8, 4) is 5.75 Å². The molecule has 8 nitrogen and oxygen atoms in total. The van der Waals surface area contributed by atoms with Gasteiger partial charge in [0, 0.05) is 23.3 Å². The van der Waals surface area contributed by atoms with Gasteiger partial charge in [0.2, 0.25) is 0 Å². The van der Waals surface area contributed by atoms with Gasteiger partial charge in [0.05, 0.1) is 17.7 Å². The molecule has 0 aliphatic heterocycles. The standard InChI is InChI=1S/C29H21FN4O4/c30-23-10-5-20(6-11-23)17-33-18-24(31-32-33)19-38-29-16-9-21-3-1-2-4-26(21)27(29)14-15-28(35)22-7-12-25(13-8-22)34(36)37/h1-16,18H,17,19H2/b15-14+. The summed E-state index contributed by atoms with van der Waals surface area (Å²) in [6.07, 6.45) is 4.87. The van der Waals surface area contributed by atoms with E-state index in [9.17, 15) is 19.3 Å². The van der Waals surface area contributed by atoms with E-state index in [1.807, 2.05) is 36.4 Å². The number of halogens is 1. The van der Waals surface area contributed by atoms with Crippen molar-refractivity contribution in [2.24, 2.45) is 0 Å². The molecule has 0 aliphatic rings. The molecule has 0 amide bonds. The van der Waals surface area contributed by atoms with Crippen molar-refractivity contribution in [2.45, 2.75) is 13.2 Å². The molecule has 0 atom stereocenters. The number of ketones is 1. The lowest BCUT2D eigenvalue weighted by molar-refractivity contribution is -0.384. The van der Waals surface area contributed by atoms with Crippen molar-refractivity contribution in [3.63, 3.8) is 0 Å². The largest absolute Gasteiger partial charge is 0.487 e. The van der Waals surface area contributed by atoms with E-state index in [4.69, 9.17) is 4.74 Å². The average Bonchev–Trinajstić information content (AvgIpc) is 3.39. The molecule has 188 valence electrons. The fourth-order valence-electron chi connectivity index (χ4n) is 3.99. The quantitative estimate of drug-likeness (QED) is 0.105. The van der Waals surface area contributed by atoms with E-state index in [0.29, 0.717) is 23.6 Å². The van der Waals surface area contributed by atoms with Crippen molar-refractivity contribution < 1.29 is 18.8 Å². The topological polar surface area (TPSA) is 100 Å². The number of carbonyl (C=O) groups excluding carboxylic acids is 1. The molecular formula is C29H21FN4O4. The van der Waals surface area contributed by atoms with Crippen LogP contribution in [-0.4, -0.2) is 25.7 Å². The predicted octanol–water partition coefficient (Wildman–Crippen LogP) is 6.00. The Bertz CT molecular complexity index is 1640. The number of carbonyl (C=O) groups is 1. The van der Waals surface area contributed by atoms with Gasteiger partial charge >= 0.3 is 0 Å². The number of aromatic nitrogens is 3. The third kappa shape index (κ3) is 5.62. The molecule has 1 heterocycles. The van der Waals surface area contributed by atoms with Crippen LogP contribution in [0.4, 0.5) is 10.1 Å². The molecule has 9 heteroatoms. The molecule has 0 aliphatic carbocycles. The monoisotopic (exact) mass is 508 g/mol. The molecule has 5 aromatic rings. The van der Waals surface area contributed by atoms with E-state index < -0.39 is 4.92 Å². The summed E-state index contributed by atoms with van der Waals surface area (Å²) in [5.41, 5.74) is 2.48. The van der Waals surface area contributed by atoms with Crippen LogP contribution in [0.25, 0.3) is 16.8 Å². The number of fused-ring (bicyclic) bond motifs is 1. The fraction of sp³-hybridized carbons (Fsp3) is 0.0690. The maximum absolute atomic E-state index is 13.2. The van der Waals surface area contributed by atoms with E-state index in [1.165, 1.54) is 42.5 Å². The summed E-state index contributed by atoms with van der Waals surface area (Å²) in [5, 5.41) is 21.0. The normalized spacial score (nSPS) is 11.2. The first-order valence-corrected chi connectivity index (χ1v) is 11.7. The Morgan fingerprint density at radius 3 is 2.53 bits per heavy atom. The smallest absolute Gasteiger partial charge is 0.269 e. The number of benzene rings is 4. The molecule has 1 aromatic heterocycles. The fourth-order valence-corrected chi connectivity index (χ4v) is 3.99. The lowest BCUT2D eigenvalue weighted by Crippen LogP contribution is -2.00. The second-order valence-corrected chi connectivity index (χ2v) is 8.52. The number of rotatable bonds is 9. The zero-order valence-electron chi connectivity index (χ0n) is 20.0. The average molecular weight is 509 g/mol. The maximum atomic E-state index is 13.2. The van der Waals surface area contributed by atoms with E-state index in [-0.39, 0.29) is 23.9 Å². The number of nitro benzene ring substituents is 1. The number of non-ortho nitro benzene ring substituents is 1. The lowest BCUT2D eigenvalue weighted by atomic mass is 10.0. The maximum Gasteiger partial charge on any atom is 0.269 e. The van der Waals surface area contributed by atoms with E-state index in [1.54, 1.807) is 29.1 Å². The Balaban J connectivity index is 1.35. The third-order valence-electron chi connectivity index (χ3n) is 5.91. The van der Waals surface area contributed by atoms with E-state index >= 15 is 0 Å². The van der Waals surface area contributed by atoms with Crippen LogP contribution in [0.1, 0.15) is 27.2 Å². The van der Waals surface area contributed by atoms with Crippen LogP contribution >= 0.6 is 0 Å². The molecule has 0 N–H and O–H groups in total. The summed E-state index contributed by atoms with van der Waals surface area (Å²) in [6.45, 7) is 0.598.